The van der Waals surface area contributed by atoms with Crippen molar-refractivity contribution in [2.24, 2.45) is 11.5 Å². The number of piperidine rings is 3. The second-order valence-corrected chi connectivity index (χ2v) is 28.2. The molecule has 27 heteroatoms. The maximum Gasteiger partial charge on any atom is 0.410 e. The average molecular weight is 1420 g/mol. The summed E-state index contributed by atoms with van der Waals surface area (Å²) in [5.41, 5.74) is 24.0. The lowest BCUT2D eigenvalue weighted by molar-refractivity contribution is 0.0196. The standard InChI is InChI=1S/C28H31N7O3.C28H29N7O2.C23H23N7O/c1-28(2,3)38-27(37)34-13-5-8-21(16-34)32-25-26-33-22(17-35(26)23(15-31-25)24(29)36)20-7-4-6-19(14-20)18-9-11-30-12-10-18;1-28(2,3)37-27(36)34-13-5-8-22(17-34)32-25-26-33-24(18-35(26)23(15-29)16-31-25)21-7-4-6-20(14-21)19-9-11-30-12-10-19;24-21(31)20-13-27-22(28-18-5-2-8-26-12-18)23-29-19(14-30(20)23)17-4-1-3-16(11-17)15-6-9-25-10-7-15/h4,6-7,9-12,14-15,17,21H,5,8,13,16H2,1-3H3,(H2,29,36)(H,31,32);4,6-7,9-12,14,16,18,22H,5,8,13,17H2,1-3H3,(H,31,32);1,3-4,6-7,9-11,13-14,18,26H,2,5,8,12H2,(H2,24,31)(H,27,28)/t21-;22-;18-/m000/s1. The lowest BCUT2D eigenvalue weighted by atomic mass is 10.0. The van der Waals surface area contributed by atoms with Crippen LogP contribution in [0.3, 0.4) is 0 Å². The average Bonchev–Trinajstić information content (AvgIpc) is 1.63. The lowest BCUT2D eigenvalue weighted by Crippen LogP contribution is -2.47. The molecular weight excluding hydrogens is 1340 g/mol. The number of carbonyl (C=O) groups excluding carboxylic acids is 4. The SMILES string of the molecule is CC(C)(C)OC(=O)N1CCC[C@H](Nc2ncc(C#N)n3cc(-c4cccc(-c5ccncc5)c4)nc23)C1.CC(C)(C)OC(=O)N1CCC[C@H](Nc2ncc(C(N)=O)n3cc(-c4cccc(-c5ccncc5)c4)nc23)C1.NC(=O)c1cnc(N[C@H]2CCCNC2)c2nc(-c3cccc(-c4ccncc4)c3)cn12. The Balaban J connectivity index is 0.000000141. The first-order chi connectivity index (χ1) is 51.2. The number of primary amides is 2. The van der Waals surface area contributed by atoms with Crippen molar-refractivity contribution in [2.45, 2.75) is 109 Å². The fraction of sp³-hybridized carbons (Fsp3) is 0.291. The van der Waals surface area contributed by atoms with E-state index < -0.39 is 23.0 Å². The van der Waals surface area contributed by atoms with Crippen molar-refractivity contribution < 1.29 is 28.7 Å². The van der Waals surface area contributed by atoms with E-state index in [4.69, 9.17) is 35.9 Å². The summed E-state index contributed by atoms with van der Waals surface area (Å²) in [6.45, 7) is 15.3. The van der Waals surface area contributed by atoms with Crippen LogP contribution in [0.2, 0.25) is 0 Å². The molecule has 15 rings (SSSR count). The molecule has 3 saturated heterocycles. The highest BCUT2D eigenvalue weighted by Gasteiger charge is 2.31. The minimum Gasteiger partial charge on any atom is -0.444 e. The molecule has 3 atom stereocenters. The molecule has 3 aromatic carbocycles. The molecule has 0 saturated carbocycles. The van der Waals surface area contributed by atoms with Crippen molar-refractivity contribution >= 4 is 58.4 Å². The Morgan fingerprint density at radius 3 is 1.21 bits per heavy atom. The van der Waals surface area contributed by atoms with E-state index >= 15 is 0 Å². The van der Waals surface area contributed by atoms with Gasteiger partial charge < -0.3 is 52.0 Å². The van der Waals surface area contributed by atoms with Gasteiger partial charge in [0.15, 0.2) is 34.4 Å². The van der Waals surface area contributed by atoms with Gasteiger partial charge >= 0.3 is 12.2 Å². The number of fused-ring (bicyclic) bond motifs is 3. The van der Waals surface area contributed by atoms with E-state index in [-0.39, 0.29) is 36.0 Å². The molecule has 12 aromatic rings. The number of benzene rings is 3. The first-order valence-electron chi connectivity index (χ1n) is 35.3. The molecule has 3 fully saturated rings. The molecule has 0 unspecified atom stereocenters. The van der Waals surface area contributed by atoms with Crippen molar-refractivity contribution in [3.05, 3.63) is 201 Å². The number of nitrogens with two attached hydrogens (primary N) is 2. The van der Waals surface area contributed by atoms with Crippen molar-refractivity contribution in [3.8, 4) is 73.2 Å². The largest absolute Gasteiger partial charge is 0.444 e. The quantitative estimate of drug-likeness (QED) is 0.0589. The molecule has 8 N–H and O–H groups in total. The maximum atomic E-state index is 12.6. The van der Waals surface area contributed by atoms with E-state index in [1.165, 1.54) is 12.4 Å². The topological polar surface area (TPSA) is 346 Å². The molecule has 3 aliphatic rings. The van der Waals surface area contributed by atoms with E-state index in [9.17, 15) is 24.4 Å². The molecule has 12 heterocycles. The Morgan fingerprint density at radius 1 is 0.481 bits per heavy atom. The number of nitrogens with one attached hydrogen (secondary N) is 4. The monoisotopic (exact) mass is 1420 g/mol. The number of aromatic nitrogens is 12. The predicted molar refractivity (Wildman–Crippen MR) is 405 cm³/mol. The van der Waals surface area contributed by atoms with Crippen LogP contribution in [0.4, 0.5) is 27.0 Å². The van der Waals surface area contributed by atoms with Gasteiger partial charge in [-0.2, -0.15) is 5.26 Å². The zero-order valence-electron chi connectivity index (χ0n) is 59.9. The Labute approximate surface area is 612 Å². The van der Waals surface area contributed by atoms with E-state index in [1.54, 1.807) is 72.6 Å². The third kappa shape index (κ3) is 17.2. The van der Waals surface area contributed by atoms with Crippen LogP contribution in [0.1, 0.15) is 107 Å². The fourth-order valence-corrected chi connectivity index (χ4v) is 13.0. The minimum atomic E-state index is -0.600. The van der Waals surface area contributed by atoms with E-state index in [2.05, 4.69) is 69.4 Å². The molecule has 9 aromatic heterocycles. The number of nitrogens with zero attached hydrogens (tertiary/aromatic N) is 15. The van der Waals surface area contributed by atoms with Crippen LogP contribution in [-0.4, -0.2) is 160 Å². The summed E-state index contributed by atoms with van der Waals surface area (Å²) < 4.78 is 16.3. The fourth-order valence-electron chi connectivity index (χ4n) is 13.0. The Hall–Kier alpha value is -12.7. The summed E-state index contributed by atoms with van der Waals surface area (Å²) in [5.74, 6) is 0.597. The first-order valence-corrected chi connectivity index (χ1v) is 35.3. The molecule has 0 bridgehead atoms. The predicted octanol–water partition coefficient (Wildman–Crippen LogP) is 12.2. The number of amides is 4. The number of imidazole rings is 3. The van der Waals surface area contributed by atoms with Crippen LogP contribution in [-0.2, 0) is 9.47 Å². The van der Waals surface area contributed by atoms with Crippen LogP contribution in [0.15, 0.2) is 184 Å². The Morgan fingerprint density at radius 2 is 0.840 bits per heavy atom. The van der Waals surface area contributed by atoms with Gasteiger partial charge in [0.2, 0.25) is 0 Å². The second-order valence-electron chi connectivity index (χ2n) is 28.2. The molecule has 3 aliphatic heterocycles. The van der Waals surface area contributed by atoms with Gasteiger partial charge in [-0.05, 0) is 175 Å². The normalized spacial score (nSPS) is 16.0. The number of ether oxygens (including phenoxy) is 2. The number of anilines is 3. The molecule has 4 amide bonds. The number of hydrogen-bond acceptors (Lipinski definition) is 20. The number of carbonyl (C=O) groups is 4. The van der Waals surface area contributed by atoms with Crippen LogP contribution in [0.25, 0.3) is 84.1 Å². The molecular formula is C79H83N21O6. The molecule has 0 aliphatic carbocycles. The summed E-state index contributed by atoms with van der Waals surface area (Å²) in [5, 5.41) is 23.5. The zero-order valence-corrected chi connectivity index (χ0v) is 59.9. The van der Waals surface area contributed by atoms with Crippen molar-refractivity contribution in [1.82, 2.24) is 73.2 Å². The first kappa shape index (κ1) is 71.7. The van der Waals surface area contributed by atoms with Gasteiger partial charge in [0, 0.05) is 123 Å². The Kier molecular flexibility index (Phi) is 21.3. The van der Waals surface area contributed by atoms with E-state index in [0.717, 1.165) is 113 Å². The maximum absolute atomic E-state index is 12.6. The summed E-state index contributed by atoms with van der Waals surface area (Å²) in [6.07, 6.45) is 25.5. The third-order valence-corrected chi connectivity index (χ3v) is 18.1. The van der Waals surface area contributed by atoms with Gasteiger partial charge in [-0.25, -0.2) is 39.5 Å². The van der Waals surface area contributed by atoms with Crippen molar-refractivity contribution in [2.75, 3.05) is 55.2 Å². The van der Waals surface area contributed by atoms with Crippen molar-refractivity contribution in [3.63, 3.8) is 0 Å². The molecule has 0 spiro atoms. The number of nitriles is 1. The molecule has 106 heavy (non-hydrogen) atoms. The smallest absolute Gasteiger partial charge is 0.410 e. The number of hydrogen-bond donors (Lipinski definition) is 6. The van der Waals surface area contributed by atoms with E-state index in [0.29, 0.717) is 77.7 Å². The minimum absolute atomic E-state index is 0.0133. The van der Waals surface area contributed by atoms with Crippen LogP contribution < -0.4 is 32.7 Å². The number of pyridine rings is 3. The highest BCUT2D eigenvalue weighted by molar-refractivity contribution is 5.93. The third-order valence-electron chi connectivity index (χ3n) is 18.1. The highest BCUT2D eigenvalue weighted by Crippen LogP contribution is 2.33. The summed E-state index contributed by atoms with van der Waals surface area (Å²) in [6, 6.07) is 38.4. The summed E-state index contributed by atoms with van der Waals surface area (Å²) in [4.78, 5) is 93.1. The zero-order chi connectivity index (χ0) is 74.1. The van der Waals surface area contributed by atoms with Gasteiger partial charge in [0.05, 0.1) is 35.7 Å². The van der Waals surface area contributed by atoms with Crippen LogP contribution in [0.5, 0.6) is 0 Å². The number of rotatable bonds is 14. The molecule has 0 radical (unpaired) electrons. The van der Waals surface area contributed by atoms with Gasteiger partial charge in [0.25, 0.3) is 11.8 Å². The van der Waals surface area contributed by atoms with Gasteiger partial charge in [-0.3, -0.25) is 37.7 Å². The summed E-state index contributed by atoms with van der Waals surface area (Å²) in [7, 11) is 0. The molecule has 27 nitrogen and oxygen atoms in total. The Bertz CT molecular complexity index is 5200. The lowest BCUT2D eigenvalue weighted by Gasteiger charge is -2.34. The van der Waals surface area contributed by atoms with Gasteiger partial charge in [-0.1, -0.05) is 54.6 Å². The van der Waals surface area contributed by atoms with E-state index in [1.807, 2.05) is 151 Å². The summed E-state index contributed by atoms with van der Waals surface area (Å²) >= 11 is 0. The van der Waals surface area contributed by atoms with Crippen LogP contribution in [0, 0.1) is 11.3 Å². The second kappa shape index (κ2) is 31.5. The van der Waals surface area contributed by atoms with Gasteiger partial charge in [-0.15, -0.1) is 0 Å². The number of likely N-dealkylation sites (tertiary alicyclic amines) is 2. The van der Waals surface area contributed by atoms with Gasteiger partial charge in [0.1, 0.15) is 34.4 Å². The highest BCUT2D eigenvalue weighted by atomic mass is 16.6. The molecule has 540 valence electrons. The van der Waals surface area contributed by atoms with Crippen LogP contribution >= 0.6 is 0 Å². The van der Waals surface area contributed by atoms with Crippen molar-refractivity contribution in [1.29, 1.82) is 5.26 Å².